The number of rotatable bonds is 6. The first kappa shape index (κ1) is 24.5. The Morgan fingerprint density at radius 1 is 0.812 bits per heavy atom. The van der Waals surface area contributed by atoms with Gasteiger partial charge in [0.15, 0.2) is 0 Å². The summed E-state index contributed by atoms with van der Waals surface area (Å²) in [6.45, 7) is 15.1. The van der Waals surface area contributed by atoms with E-state index in [9.17, 15) is 4.79 Å². The van der Waals surface area contributed by atoms with Crippen molar-refractivity contribution in [3.63, 3.8) is 0 Å². The highest BCUT2D eigenvalue weighted by molar-refractivity contribution is 5.84. The Bertz CT molecular complexity index is 880. The average molecular weight is 435 g/mol. The molecule has 3 rings (SSSR count). The van der Waals surface area contributed by atoms with Crippen molar-refractivity contribution in [3.05, 3.63) is 70.8 Å². The second-order valence-corrected chi connectivity index (χ2v) is 11.7. The molecule has 3 nitrogen and oxygen atoms in total. The minimum absolute atomic E-state index is 0.0620. The summed E-state index contributed by atoms with van der Waals surface area (Å²) < 4.78 is 0. The van der Waals surface area contributed by atoms with Crippen LogP contribution in [0.3, 0.4) is 0 Å². The van der Waals surface area contributed by atoms with E-state index in [1.54, 1.807) is 0 Å². The fraction of sp³-hybridized carbons (Fsp3) is 0.552. The molecule has 0 aliphatic heterocycles. The van der Waals surface area contributed by atoms with E-state index in [0.717, 1.165) is 38.8 Å². The van der Waals surface area contributed by atoms with Gasteiger partial charge in [0.05, 0.1) is 0 Å². The summed E-state index contributed by atoms with van der Waals surface area (Å²) in [5.41, 5.74) is 10.9. The lowest BCUT2D eigenvalue weighted by atomic mass is 9.78. The van der Waals surface area contributed by atoms with Crippen molar-refractivity contribution in [2.75, 3.05) is 0 Å². The molecule has 2 aromatic rings. The van der Waals surface area contributed by atoms with Crippen LogP contribution in [0.1, 0.15) is 95.9 Å². The summed E-state index contributed by atoms with van der Waals surface area (Å²) in [6.07, 6.45) is 5.00. The van der Waals surface area contributed by atoms with Gasteiger partial charge in [-0.3, -0.25) is 9.69 Å². The number of hydrogen-bond acceptors (Lipinski definition) is 2. The third-order valence-electron chi connectivity index (χ3n) is 7.06. The van der Waals surface area contributed by atoms with E-state index in [0.29, 0.717) is 0 Å². The Morgan fingerprint density at radius 3 is 1.78 bits per heavy atom. The van der Waals surface area contributed by atoms with E-state index in [1.807, 2.05) is 6.07 Å². The van der Waals surface area contributed by atoms with Crippen molar-refractivity contribution < 1.29 is 4.79 Å². The van der Waals surface area contributed by atoms with Gasteiger partial charge >= 0.3 is 0 Å². The molecule has 32 heavy (non-hydrogen) atoms. The van der Waals surface area contributed by atoms with Crippen LogP contribution >= 0.6 is 0 Å². The predicted molar refractivity (Wildman–Crippen MR) is 135 cm³/mol. The highest BCUT2D eigenvalue weighted by Gasteiger charge is 2.43. The van der Waals surface area contributed by atoms with Crippen LogP contribution in [0.15, 0.2) is 48.5 Å². The smallest absolute Gasteiger partial charge is 0.237 e. The van der Waals surface area contributed by atoms with Gasteiger partial charge in [0.1, 0.15) is 5.54 Å². The lowest BCUT2D eigenvalue weighted by Crippen LogP contribution is -2.57. The first-order valence-corrected chi connectivity index (χ1v) is 12.2. The number of nitrogens with zero attached hydrogens (tertiary/aromatic N) is 1. The fourth-order valence-electron chi connectivity index (χ4n) is 4.89. The van der Waals surface area contributed by atoms with Crippen molar-refractivity contribution in [1.29, 1.82) is 0 Å². The fourth-order valence-corrected chi connectivity index (χ4v) is 4.89. The highest BCUT2D eigenvalue weighted by atomic mass is 16.1. The lowest BCUT2D eigenvalue weighted by molar-refractivity contribution is -0.134. The topological polar surface area (TPSA) is 46.3 Å². The molecule has 1 aliphatic rings. The molecule has 0 unspecified atom stereocenters. The third-order valence-corrected chi connectivity index (χ3v) is 7.06. The largest absolute Gasteiger partial charge is 0.368 e. The molecular formula is C29H42N2O. The minimum atomic E-state index is -0.576. The van der Waals surface area contributed by atoms with Crippen LogP contribution < -0.4 is 5.73 Å². The predicted octanol–water partition coefficient (Wildman–Crippen LogP) is 6.47. The van der Waals surface area contributed by atoms with E-state index in [2.05, 4.69) is 88.9 Å². The van der Waals surface area contributed by atoms with E-state index < -0.39 is 5.54 Å². The Kier molecular flexibility index (Phi) is 7.19. The van der Waals surface area contributed by atoms with Gasteiger partial charge in [-0.2, -0.15) is 0 Å². The normalized spacial score (nSPS) is 16.8. The van der Waals surface area contributed by atoms with E-state index in [1.165, 1.54) is 28.7 Å². The molecule has 2 N–H and O–H groups in total. The number of carbonyl (C=O) groups is 1. The maximum atomic E-state index is 12.9. The first-order valence-electron chi connectivity index (χ1n) is 12.2. The summed E-state index contributed by atoms with van der Waals surface area (Å²) in [5, 5.41) is 0. The number of primary amides is 1. The molecule has 0 spiro atoms. The molecule has 0 bridgehead atoms. The van der Waals surface area contributed by atoms with Crippen molar-refractivity contribution in [2.45, 2.75) is 103 Å². The zero-order valence-corrected chi connectivity index (χ0v) is 21.0. The molecule has 0 aromatic heterocycles. The molecule has 1 fully saturated rings. The molecule has 3 heteroatoms. The molecule has 0 saturated heterocycles. The summed E-state index contributed by atoms with van der Waals surface area (Å²) in [6, 6.07) is 17.5. The van der Waals surface area contributed by atoms with Crippen LogP contribution in [0, 0.1) is 0 Å². The molecule has 174 valence electrons. The highest BCUT2D eigenvalue weighted by Crippen LogP contribution is 2.37. The second-order valence-electron chi connectivity index (χ2n) is 11.7. The molecule has 0 atom stereocenters. The molecule has 2 aromatic carbocycles. The SMILES string of the molecule is CC(C)(C)c1cc(CN(Cc2ccccc2)C2(C(N)=O)CCCCC2)cc(C(C)(C)C)c1. The van der Waals surface area contributed by atoms with Gasteiger partial charge in [-0.05, 0) is 45.9 Å². The van der Waals surface area contributed by atoms with Crippen LogP contribution in [0.2, 0.25) is 0 Å². The number of nitrogens with two attached hydrogens (primary N) is 1. The van der Waals surface area contributed by atoms with Gasteiger partial charge in [0.25, 0.3) is 0 Å². The Morgan fingerprint density at radius 2 is 1.31 bits per heavy atom. The summed E-state index contributed by atoms with van der Waals surface area (Å²) in [4.78, 5) is 15.3. The zero-order valence-electron chi connectivity index (χ0n) is 21.0. The van der Waals surface area contributed by atoms with E-state index >= 15 is 0 Å². The van der Waals surface area contributed by atoms with Crippen molar-refractivity contribution in [3.8, 4) is 0 Å². The van der Waals surface area contributed by atoms with Crippen LogP contribution in [0.5, 0.6) is 0 Å². The Labute approximate surface area is 195 Å². The third kappa shape index (κ3) is 5.61. The molecule has 1 aliphatic carbocycles. The zero-order chi connectivity index (χ0) is 23.6. The number of carbonyl (C=O) groups excluding carboxylic acids is 1. The average Bonchev–Trinajstić information content (AvgIpc) is 2.73. The minimum Gasteiger partial charge on any atom is -0.368 e. The quantitative estimate of drug-likeness (QED) is 0.566. The molecule has 0 heterocycles. The van der Waals surface area contributed by atoms with Gasteiger partial charge < -0.3 is 5.73 Å². The van der Waals surface area contributed by atoms with Gasteiger partial charge in [0, 0.05) is 13.1 Å². The Hall–Kier alpha value is -2.13. The van der Waals surface area contributed by atoms with Crippen LogP contribution in [-0.2, 0) is 28.7 Å². The van der Waals surface area contributed by atoms with Crippen LogP contribution in [0.4, 0.5) is 0 Å². The van der Waals surface area contributed by atoms with Crippen LogP contribution in [0.25, 0.3) is 0 Å². The van der Waals surface area contributed by atoms with E-state index in [4.69, 9.17) is 5.73 Å². The van der Waals surface area contributed by atoms with Gasteiger partial charge in [-0.1, -0.05) is 109 Å². The summed E-state index contributed by atoms with van der Waals surface area (Å²) >= 11 is 0. The van der Waals surface area contributed by atoms with Gasteiger partial charge in [-0.25, -0.2) is 0 Å². The van der Waals surface area contributed by atoms with Crippen molar-refractivity contribution in [2.24, 2.45) is 5.73 Å². The monoisotopic (exact) mass is 434 g/mol. The van der Waals surface area contributed by atoms with Crippen molar-refractivity contribution in [1.82, 2.24) is 4.90 Å². The van der Waals surface area contributed by atoms with Gasteiger partial charge in [-0.15, -0.1) is 0 Å². The number of hydrogen-bond donors (Lipinski definition) is 1. The van der Waals surface area contributed by atoms with Crippen LogP contribution in [-0.4, -0.2) is 16.3 Å². The Balaban J connectivity index is 2.07. The molecule has 0 radical (unpaired) electrons. The lowest BCUT2D eigenvalue weighted by Gasteiger charge is -2.44. The first-order chi connectivity index (χ1) is 14.9. The van der Waals surface area contributed by atoms with Gasteiger partial charge in [0.2, 0.25) is 5.91 Å². The standard InChI is InChI=1S/C29H42N2O/c1-27(2,3)24-17-23(18-25(19-24)28(4,5)6)21-31(20-22-13-9-7-10-14-22)29(26(30)32)15-11-8-12-16-29/h7,9-10,13-14,17-19H,8,11-12,15-16,20-21H2,1-6H3,(H2,30,32). The van der Waals surface area contributed by atoms with E-state index in [-0.39, 0.29) is 16.7 Å². The summed E-state index contributed by atoms with van der Waals surface area (Å²) in [5.74, 6) is -0.170. The number of amides is 1. The summed E-state index contributed by atoms with van der Waals surface area (Å²) in [7, 11) is 0. The molecule has 1 amide bonds. The second kappa shape index (κ2) is 9.39. The number of benzene rings is 2. The maximum absolute atomic E-state index is 12.9. The molecule has 1 saturated carbocycles. The maximum Gasteiger partial charge on any atom is 0.237 e. The molecular weight excluding hydrogens is 392 g/mol. The van der Waals surface area contributed by atoms with Crippen molar-refractivity contribution >= 4 is 5.91 Å².